The number of carbonyl (C=O) groups is 1. The molecule has 0 aliphatic carbocycles. The quantitative estimate of drug-likeness (QED) is 0.692. The van der Waals surface area contributed by atoms with Gasteiger partial charge in [0.25, 0.3) is 0 Å². The van der Waals surface area contributed by atoms with Crippen LogP contribution >= 0.6 is 0 Å². The standard InChI is InChI=1S/C17H14O5/c1-3-20-17(19)15-13(11-7-5-4-6-8-11)14-12(22-15)9-10(2)21-16(14)18/h4-9H,3H2,1-2H3. The van der Waals surface area contributed by atoms with Gasteiger partial charge >= 0.3 is 11.6 Å². The van der Waals surface area contributed by atoms with Gasteiger partial charge in [0.05, 0.1) is 12.2 Å². The van der Waals surface area contributed by atoms with E-state index < -0.39 is 11.6 Å². The summed E-state index contributed by atoms with van der Waals surface area (Å²) in [6.07, 6.45) is 0. The number of fused-ring (bicyclic) bond motifs is 1. The minimum absolute atomic E-state index is 0.0148. The van der Waals surface area contributed by atoms with Crippen LogP contribution in [0.2, 0.25) is 0 Å². The Balaban J connectivity index is 2.37. The number of aryl methyl sites for hydroxylation is 1. The van der Waals surface area contributed by atoms with Gasteiger partial charge in [0.15, 0.2) is 0 Å². The van der Waals surface area contributed by atoms with Crippen LogP contribution in [0.15, 0.2) is 50.0 Å². The summed E-state index contributed by atoms with van der Waals surface area (Å²) < 4.78 is 15.8. The third-order valence-electron chi connectivity index (χ3n) is 3.25. The Labute approximate surface area is 126 Å². The summed E-state index contributed by atoms with van der Waals surface area (Å²) in [5.74, 6) is -0.170. The number of ether oxygens (including phenoxy) is 1. The minimum Gasteiger partial charge on any atom is -0.460 e. The van der Waals surface area contributed by atoms with E-state index in [0.717, 1.165) is 0 Å². The Kier molecular flexibility index (Phi) is 3.55. The number of hydrogen-bond donors (Lipinski definition) is 0. The van der Waals surface area contributed by atoms with Gasteiger partial charge in [-0.15, -0.1) is 0 Å². The molecule has 3 aromatic rings. The van der Waals surface area contributed by atoms with Crippen LogP contribution in [-0.2, 0) is 4.74 Å². The van der Waals surface area contributed by atoms with Crippen molar-refractivity contribution in [1.29, 1.82) is 0 Å². The summed E-state index contributed by atoms with van der Waals surface area (Å²) in [6, 6.07) is 10.7. The highest BCUT2D eigenvalue weighted by molar-refractivity contribution is 6.05. The average molecular weight is 298 g/mol. The van der Waals surface area contributed by atoms with Crippen molar-refractivity contribution in [2.75, 3.05) is 6.61 Å². The van der Waals surface area contributed by atoms with Gasteiger partial charge in [-0.25, -0.2) is 9.59 Å². The van der Waals surface area contributed by atoms with E-state index in [2.05, 4.69) is 0 Å². The summed E-state index contributed by atoms with van der Waals surface area (Å²) in [5, 5.41) is 0.250. The molecule has 0 unspecified atom stereocenters. The predicted octanol–water partition coefficient (Wildman–Crippen LogP) is 3.54. The average Bonchev–Trinajstić information content (AvgIpc) is 2.88. The lowest BCUT2D eigenvalue weighted by Gasteiger charge is -2.02. The summed E-state index contributed by atoms with van der Waals surface area (Å²) in [7, 11) is 0. The van der Waals surface area contributed by atoms with Crippen molar-refractivity contribution in [3.05, 3.63) is 58.3 Å². The van der Waals surface area contributed by atoms with E-state index in [1.165, 1.54) is 0 Å². The molecule has 2 heterocycles. The van der Waals surface area contributed by atoms with Crippen LogP contribution in [0.5, 0.6) is 0 Å². The molecule has 0 aliphatic heterocycles. The first-order chi connectivity index (χ1) is 10.6. The molecular formula is C17H14O5. The highest BCUT2D eigenvalue weighted by atomic mass is 16.5. The second-order valence-electron chi connectivity index (χ2n) is 4.78. The summed E-state index contributed by atoms with van der Waals surface area (Å²) in [4.78, 5) is 24.4. The number of rotatable bonds is 3. The third-order valence-corrected chi connectivity index (χ3v) is 3.25. The zero-order valence-electron chi connectivity index (χ0n) is 12.2. The van der Waals surface area contributed by atoms with Crippen molar-refractivity contribution in [1.82, 2.24) is 0 Å². The van der Waals surface area contributed by atoms with E-state index in [1.807, 2.05) is 18.2 Å². The van der Waals surface area contributed by atoms with Crippen molar-refractivity contribution in [2.45, 2.75) is 13.8 Å². The molecule has 0 bridgehead atoms. The second kappa shape index (κ2) is 5.52. The van der Waals surface area contributed by atoms with Gasteiger partial charge in [0, 0.05) is 6.07 Å². The highest BCUT2D eigenvalue weighted by Gasteiger charge is 2.25. The molecular weight excluding hydrogens is 284 g/mol. The van der Waals surface area contributed by atoms with Crippen molar-refractivity contribution < 1.29 is 18.4 Å². The Bertz CT molecular complexity index is 887. The molecule has 0 saturated carbocycles. The number of esters is 1. The normalized spacial score (nSPS) is 10.8. The van der Waals surface area contributed by atoms with Crippen LogP contribution in [0.3, 0.4) is 0 Å². The molecule has 22 heavy (non-hydrogen) atoms. The zero-order chi connectivity index (χ0) is 15.7. The lowest BCUT2D eigenvalue weighted by molar-refractivity contribution is 0.0494. The molecule has 0 atom stereocenters. The van der Waals surface area contributed by atoms with Crippen LogP contribution in [0.1, 0.15) is 23.2 Å². The fourth-order valence-electron chi connectivity index (χ4n) is 2.38. The molecule has 0 saturated heterocycles. The van der Waals surface area contributed by atoms with Crippen molar-refractivity contribution in [3.63, 3.8) is 0 Å². The van der Waals surface area contributed by atoms with Gasteiger partial charge in [-0.05, 0) is 19.4 Å². The van der Waals surface area contributed by atoms with Crippen LogP contribution in [0.4, 0.5) is 0 Å². The Hall–Kier alpha value is -2.82. The van der Waals surface area contributed by atoms with E-state index in [1.54, 1.807) is 32.0 Å². The number of carbonyl (C=O) groups excluding carboxylic acids is 1. The number of benzene rings is 1. The summed E-state index contributed by atoms with van der Waals surface area (Å²) >= 11 is 0. The molecule has 0 fully saturated rings. The fraction of sp³-hybridized carbons (Fsp3) is 0.176. The van der Waals surface area contributed by atoms with Crippen LogP contribution < -0.4 is 5.63 Å². The molecule has 0 aliphatic rings. The van der Waals surface area contributed by atoms with Gasteiger partial charge < -0.3 is 13.6 Å². The smallest absolute Gasteiger partial charge is 0.374 e. The van der Waals surface area contributed by atoms with Crippen molar-refractivity contribution in [3.8, 4) is 11.1 Å². The maximum atomic E-state index is 12.2. The van der Waals surface area contributed by atoms with E-state index in [9.17, 15) is 9.59 Å². The van der Waals surface area contributed by atoms with Crippen LogP contribution in [0.25, 0.3) is 22.1 Å². The number of hydrogen-bond acceptors (Lipinski definition) is 5. The monoisotopic (exact) mass is 298 g/mol. The minimum atomic E-state index is -0.602. The first-order valence-electron chi connectivity index (χ1n) is 6.91. The predicted molar refractivity (Wildman–Crippen MR) is 80.9 cm³/mol. The van der Waals surface area contributed by atoms with E-state index in [-0.39, 0.29) is 17.8 Å². The van der Waals surface area contributed by atoms with Crippen molar-refractivity contribution >= 4 is 16.9 Å². The molecule has 0 spiro atoms. The molecule has 0 radical (unpaired) electrons. The SMILES string of the molecule is CCOC(=O)c1oc2cc(C)oc(=O)c2c1-c1ccccc1. The van der Waals surface area contributed by atoms with E-state index >= 15 is 0 Å². The first-order valence-corrected chi connectivity index (χ1v) is 6.91. The molecule has 3 rings (SSSR count). The van der Waals surface area contributed by atoms with Crippen LogP contribution in [-0.4, -0.2) is 12.6 Å². The van der Waals surface area contributed by atoms with Crippen molar-refractivity contribution in [2.24, 2.45) is 0 Å². The van der Waals surface area contributed by atoms with Gasteiger partial charge in [-0.1, -0.05) is 30.3 Å². The van der Waals surface area contributed by atoms with E-state index in [4.69, 9.17) is 13.6 Å². The lowest BCUT2D eigenvalue weighted by atomic mass is 10.0. The third kappa shape index (κ3) is 2.30. The molecule has 2 aromatic heterocycles. The molecule has 0 N–H and O–H groups in total. The van der Waals surface area contributed by atoms with E-state index in [0.29, 0.717) is 22.5 Å². The Morgan fingerprint density at radius 1 is 1.18 bits per heavy atom. The highest BCUT2D eigenvalue weighted by Crippen LogP contribution is 2.33. The van der Waals surface area contributed by atoms with Crippen LogP contribution in [0, 0.1) is 6.92 Å². The molecule has 5 heteroatoms. The second-order valence-corrected chi connectivity index (χ2v) is 4.78. The lowest BCUT2D eigenvalue weighted by Crippen LogP contribution is -2.05. The topological polar surface area (TPSA) is 69.7 Å². The summed E-state index contributed by atoms with van der Waals surface area (Å²) in [5.41, 5.74) is 0.882. The number of furan rings is 1. The van der Waals surface area contributed by atoms with Gasteiger partial charge in [0.2, 0.25) is 5.76 Å². The maximum Gasteiger partial charge on any atom is 0.374 e. The Morgan fingerprint density at radius 2 is 1.91 bits per heavy atom. The fourth-order valence-corrected chi connectivity index (χ4v) is 2.38. The largest absolute Gasteiger partial charge is 0.460 e. The van der Waals surface area contributed by atoms with Gasteiger partial charge in [-0.2, -0.15) is 0 Å². The zero-order valence-corrected chi connectivity index (χ0v) is 12.2. The molecule has 5 nitrogen and oxygen atoms in total. The Morgan fingerprint density at radius 3 is 2.59 bits per heavy atom. The molecule has 1 aromatic carbocycles. The van der Waals surface area contributed by atoms with Gasteiger partial charge in [-0.3, -0.25) is 0 Å². The van der Waals surface area contributed by atoms with Gasteiger partial charge in [0.1, 0.15) is 16.7 Å². The molecule has 112 valence electrons. The maximum absolute atomic E-state index is 12.2. The first kappa shape index (κ1) is 14.1. The summed E-state index contributed by atoms with van der Waals surface area (Å²) in [6.45, 7) is 3.58. The molecule has 0 amide bonds.